The maximum absolute atomic E-state index is 13.6. The SMILES string of the molecule is Cc1cc(/C(=C\[C@H]2CCC(=O)N2)c2ccc(C3CC3)c(=O)[nH]2)ccc1Cl.Cc1cc(/C(=C\[C@H]2CCC(=O)N2)c2ccc(C3CC3)c(=O)[nH]2)ccc1Cl.Cc1ccc(/C(=C\[C@H]2CCC(=O)N2)c2ccc(C3CC3)c(=O)[nH]2)cc1Cl.Cc1ccc(/C(=C\[C@H]2CCC(=O)N2)c2ccc(C3CC3)c(=O)[nH]2)cc1Cl.O=C1CC[C@H](/C=C(\c2ccc(F)c(Cl)c2)c2ccc(C3CC3)c(=O)[nH]2)N1. The molecular formula is C104H102Cl5FN10O10. The number of amides is 5. The van der Waals surface area contributed by atoms with Crippen molar-refractivity contribution in [3.8, 4) is 0 Å². The lowest BCUT2D eigenvalue weighted by atomic mass is 9.97. The number of rotatable bonds is 20. The number of pyridine rings is 5. The number of hydrogen-bond acceptors (Lipinski definition) is 10. The van der Waals surface area contributed by atoms with Crippen molar-refractivity contribution in [2.75, 3.05) is 0 Å². The molecular weight excluding hydrogens is 1750 g/mol. The molecule has 5 amide bonds. The van der Waals surface area contributed by atoms with Gasteiger partial charge in [0.25, 0.3) is 27.8 Å². The minimum Gasteiger partial charge on any atom is -0.350 e. The molecule has 5 aromatic heterocycles. The van der Waals surface area contributed by atoms with Gasteiger partial charge >= 0.3 is 0 Å². The molecule has 130 heavy (non-hydrogen) atoms. The van der Waals surface area contributed by atoms with Crippen molar-refractivity contribution in [1.29, 1.82) is 0 Å². The molecule has 26 heteroatoms. The van der Waals surface area contributed by atoms with Gasteiger partial charge in [0.05, 0.1) is 5.02 Å². The lowest BCUT2D eigenvalue weighted by molar-refractivity contribution is -0.120. The van der Waals surface area contributed by atoms with E-state index in [2.05, 4.69) is 51.5 Å². The highest BCUT2D eigenvalue weighted by Gasteiger charge is 2.34. The van der Waals surface area contributed by atoms with Gasteiger partial charge in [0.2, 0.25) is 29.5 Å². The molecule has 5 atom stereocenters. The minimum atomic E-state index is -0.499. The van der Waals surface area contributed by atoms with Crippen LogP contribution in [0, 0.1) is 33.5 Å². The van der Waals surface area contributed by atoms with Crippen LogP contribution in [-0.2, 0) is 24.0 Å². The highest BCUT2D eigenvalue weighted by atomic mass is 35.5. The molecule has 10 fully saturated rings. The zero-order valence-corrected chi connectivity index (χ0v) is 76.4. The predicted molar refractivity (Wildman–Crippen MR) is 513 cm³/mol. The number of hydrogen-bond donors (Lipinski definition) is 10. The van der Waals surface area contributed by atoms with Crippen molar-refractivity contribution in [2.45, 2.75) is 216 Å². The zero-order chi connectivity index (χ0) is 91.3. The molecule has 20 rings (SSSR count). The van der Waals surface area contributed by atoms with Crippen molar-refractivity contribution < 1.29 is 28.4 Å². The quantitative estimate of drug-likeness (QED) is 0.0344. The first kappa shape index (κ1) is 91.6. The first-order valence-electron chi connectivity index (χ1n) is 44.8. The summed E-state index contributed by atoms with van der Waals surface area (Å²) >= 11 is 30.9. The van der Waals surface area contributed by atoms with Crippen LogP contribution in [0.25, 0.3) is 27.9 Å². The normalized spacial score (nSPS) is 20.3. The third-order valence-electron chi connectivity index (χ3n) is 25.4. The summed E-state index contributed by atoms with van der Waals surface area (Å²) < 4.78 is 13.6. The van der Waals surface area contributed by atoms with Crippen LogP contribution in [0.3, 0.4) is 0 Å². The van der Waals surface area contributed by atoms with Crippen molar-refractivity contribution in [2.24, 2.45) is 0 Å². The second-order valence-electron chi connectivity index (χ2n) is 35.6. The number of H-pyrrole nitrogens is 5. The molecule has 5 saturated heterocycles. The largest absolute Gasteiger partial charge is 0.350 e. The Balaban J connectivity index is 0.000000119. The second kappa shape index (κ2) is 40.3. The van der Waals surface area contributed by atoms with Gasteiger partial charge in [-0.15, -0.1) is 0 Å². The standard InChI is InChI=1S/4C21H21ClN2O2.C20H18ClFN2O2/c2*1-12-10-14(4-7-18(12)22)17(11-15-5-9-20(25)23-15)19-8-6-16(13-2-3-13)21(26)24-19;2*1-12-2-3-14(10-18(12)22)17(11-15-6-9-20(25)23-15)19-8-7-16(13-4-5-13)21(26)24-19;21-16-9-12(3-6-17(16)22)15(10-13-4-8-19(25)23-13)18-7-5-14(11-1-2-11)20(26)24-18/h2*4,6-8,10-11,13,15H,2-3,5,9H2,1H3,(H,23,25)(H,24,26);2*2-3,7-8,10-11,13,15H,4-6,9H2,1H3,(H,23,25)(H,24,26);3,5-7,9-11,13H,1-2,4,8H2,(H,23,25)(H,24,26)/b4*17-11+;15-10+/t4*15-;13-/m11111/s1. The van der Waals surface area contributed by atoms with Gasteiger partial charge < -0.3 is 51.5 Å². The van der Waals surface area contributed by atoms with E-state index < -0.39 is 5.82 Å². The van der Waals surface area contributed by atoms with E-state index in [1.54, 1.807) is 6.07 Å². The van der Waals surface area contributed by atoms with Crippen molar-refractivity contribution in [3.63, 3.8) is 0 Å². The molecule has 10 N–H and O–H groups in total. The van der Waals surface area contributed by atoms with Gasteiger partial charge in [-0.1, -0.05) is 161 Å². The number of halogens is 6. The average Bonchev–Trinajstić information content (AvgIpc) is 1.55. The van der Waals surface area contributed by atoms with Crippen LogP contribution < -0.4 is 54.4 Å². The molecule has 0 spiro atoms. The summed E-state index contributed by atoms with van der Waals surface area (Å²) in [6.45, 7) is 7.83. The van der Waals surface area contributed by atoms with E-state index in [1.807, 2.05) is 192 Å². The zero-order valence-electron chi connectivity index (χ0n) is 72.6. The van der Waals surface area contributed by atoms with Gasteiger partial charge in [0, 0.05) is 167 Å². The van der Waals surface area contributed by atoms with Gasteiger partial charge in [-0.25, -0.2) is 4.39 Å². The van der Waals surface area contributed by atoms with E-state index in [9.17, 15) is 52.3 Å². The third kappa shape index (κ3) is 23.2. The van der Waals surface area contributed by atoms with Crippen LogP contribution >= 0.6 is 58.0 Å². The number of benzene rings is 5. The molecule has 5 aliphatic heterocycles. The maximum Gasteiger partial charge on any atom is 0.251 e. The third-order valence-corrected chi connectivity index (χ3v) is 27.3. The minimum absolute atomic E-state index is 0.000290. The fourth-order valence-corrected chi connectivity index (χ4v) is 17.9. The molecule has 5 saturated carbocycles. The Hall–Kier alpha value is -11.7. The predicted octanol–water partition coefficient (Wildman–Crippen LogP) is 19.5. The van der Waals surface area contributed by atoms with Gasteiger partial charge in [-0.2, -0.15) is 0 Å². The van der Waals surface area contributed by atoms with Crippen LogP contribution in [0.4, 0.5) is 4.39 Å². The first-order valence-corrected chi connectivity index (χ1v) is 46.7. The van der Waals surface area contributed by atoms with Crippen LogP contribution in [0.5, 0.6) is 0 Å². The Morgan fingerprint density at radius 3 is 0.662 bits per heavy atom. The number of aryl methyl sites for hydroxylation is 4. The smallest absolute Gasteiger partial charge is 0.251 e. The topological polar surface area (TPSA) is 310 Å². The van der Waals surface area contributed by atoms with Gasteiger partial charge in [-0.3, -0.25) is 47.9 Å². The van der Waals surface area contributed by atoms with Crippen molar-refractivity contribution in [1.82, 2.24) is 51.5 Å². The number of aromatic nitrogens is 5. The molecule has 5 aromatic carbocycles. The molecule has 0 radical (unpaired) electrons. The molecule has 10 aromatic rings. The van der Waals surface area contributed by atoms with E-state index in [1.165, 1.54) is 12.1 Å². The van der Waals surface area contributed by atoms with Gasteiger partial charge in [0.15, 0.2) is 0 Å². The van der Waals surface area contributed by atoms with Crippen LogP contribution in [0.1, 0.15) is 264 Å². The summed E-state index contributed by atoms with van der Waals surface area (Å²) in [4.78, 5) is 135. The van der Waals surface area contributed by atoms with Gasteiger partial charge in [0.1, 0.15) is 5.82 Å². The molecule has 10 heterocycles. The number of aromatic amines is 5. The Bertz CT molecular complexity index is 5700. The molecule has 0 unspecified atom stereocenters. The molecule has 20 nitrogen and oxygen atoms in total. The van der Waals surface area contributed by atoms with Crippen LogP contribution in [-0.4, -0.2) is 84.7 Å². The lowest BCUT2D eigenvalue weighted by Gasteiger charge is -2.14. The Labute approximate surface area is 776 Å². The van der Waals surface area contributed by atoms with E-state index in [-0.39, 0.29) is 92.6 Å². The fourth-order valence-electron chi connectivity index (χ4n) is 17.1. The summed E-state index contributed by atoms with van der Waals surface area (Å²) in [6.07, 6.45) is 27.2. The second-order valence-corrected chi connectivity index (χ2v) is 37.6. The molecule has 5 aliphatic carbocycles. The van der Waals surface area contributed by atoms with Gasteiger partial charge in [-0.05, 0) is 283 Å². The molecule has 670 valence electrons. The summed E-state index contributed by atoms with van der Waals surface area (Å²) in [5, 5.41) is 17.6. The van der Waals surface area contributed by atoms with E-state index in [0.717, 1.165) is 213 Å². The summed E-state index contributed by atoms with van der Waals surface area (Å²) in [6, 6.07) is 46.9. The number of carbonyl (C=O) groups is 5. The van der Waals surface area contributed by atoms with Crippen molar-refractivity contribution in [3.05, 3.63) is 371 Å². The first-order chi connectivity index (χ1) is 62.5. The van der Waals surface area contributed by atoms with E-state index in [0.29, 0.717) is 99.5 Å². The molecule has 10 aliphatic rings. The van der Waals surface area contributed by atoms with Crippen molar-refractivity contribution >= 4 is 115 Å². The highest BCUT2D eigenvalue weighted by molar-refractivity contribution is 6.33. The summed E-state index contributed by atoms with van der Waals surface area (Å²) in [5.74, 6) is 1.74. The summed E-state index contributed by atoms with van der Waals surface area (Å²) in [7, 11) is 0. The van der Waals surface area contributed by atoms with E-state index in [4.69, 9.17) is 58.0 Å². The Morgan fingerprint density at radius 2 is 0.469 bits per heavy atom. The fraction of sp³-hybridized carbons (Fsp3) is 0.327. The Kier molecular flexibility index (Phi) is 28.4. The Morgan fingerprint density at radius 1 is 0.254 bits per heavy atom. The lowest BCUT2D eigenvalue weighted by Crippen LogP contribution is -2.23. The maximum atomic E-state index is 13.6. The number of carbonyl (C=O) groups excluding carboxylic acids is 5. The average molecular weight is 1850 g/mol. The molecule has 0 bridgehead atoms. The monoisotopic (exact) mass is 1840 g/mol. The van der Waals surface area contributed by atoms with Crippen LogP contribution in [0.2, 0.25) is 25.1 Å². The highest BCUT2D eigenvalue weighted by Crippen LogP contribution is 2.44. The number of nitrogens with one attached hydrogen (secondary N) is 10. The van der Waals surface area contributed by atoms with Crippen LogP contribution in [0.15, 0.2) is 206 Å². The van der Waals surface area contributed by atoms with E-state index >= 15 is 0 Å². The summed E-state index contributed by atoms with van der Waals surface area (Å²) in [5.41, 5.74) is 20.5.